The molecule has 2 aromatic carbocycles. The Morgan fingerprint density at radius 1 is 1.27 bits per heavy atom. The van der Waals surface area contributed by atoms with E-state index in [1.54, 1.807) is 6.07 Å². The highest BCUT2D eigenvalue weighted by Gasteiger charge is 2.15. The van der Waals surface area contributed by atoms with Crippen molar-refractivity contribution in [3.05, 3.63) is 69.3 Å². The van der Waals surface area contributed by atoms with Crippen molar-refractivity contribution in [2.75, 3.05) is 5.73 Å². The van der Waals surface area contributed by atoms with Crippen LogP contribution in [0.3, 0.4) is 0 Å². The molecule has 3 rings (SSSR count). The minimum Gasteiger partial charge on any atom is -0.506 e. The first kappa shape index (κ1) is 17.6. The molecular formula is C17H14BrN5O3. The van der Waals surface area contributed by atoms with Crippen molar-refractivity contribution in [2.24, 2.45) is 5.10 Å². The van der Waals surface area contributed by atoms with Gasteiger partial charge in [0.2, 0.25) is 11.5 Å². The highest BCUT2D eigenvalue weighted by molar-refractivity contribution is 9.10. The molecule has 9 heteroatoms. The van der Waals surface area contributed by atoms with Gasteiger partial charge in [0.25, 0.3) is 5.91 Å². The molecule has 0 fully saturated rings. The molecule has 1 amide bonds. The Labute approximate surface area is 156 Å². The molecule has 132 valence electrons. The van der Waals surface area contributed by atoms with Crippen LogP contribution in [0.4, 0.5) is 5.82 Å². The number of nitrogens with two attached hydrogens (primary N) is 1. The third kappa shape index (κ3) is 4.06. The lowest BCUT2D eigenvalue weighted by molar-refractivity contribution is 0.0946. The zero-order chi connectivity index (χ0) is 18.5. The van der Waals surface area contributed by atoms with Crippen LogP contribution in [0.25, 0.3) is 0 Å². The normalized spacial score (nSPS) is 11.0. The van der Waals surface area contributed by atoms with Gasteiger partial charge in [-0.15, -0.1) is 0 Å². The number of carbonyl (C=O) groups is 1. The van der Waals surface area contributed by atoms with Crippen LogP contribution in [0.2, 0.25) is 0 Å². The van der Waals surface area contributed by atoms with E-state index in [1.807, 2.05) is 36.4 Å². The van der Waals surface area contributed by atoms with E-state index in [0.29, 0.717) is 16.5 Å². The predicted octanol–water partition coefficient (Wildman–Crippen LogP) is 2.47. The van der Waals surface area contributed by atoms with E-state index in [0.717, 1.165) is 11.1 Å². The molecule has 0 aliphatic carbocycles. The van der Waals surface area contributed by atoms with Gasteiger partial charge < -0.3 is 10.8 Å². The summed E-state index contributed by atoms with van der Waals surface area (Å²) in [5.74, 6) is -0.783. The standard InChI is InChI=1S/C17H14BrN5O3/c18-13-8-11(6-10-4-2-1-3-5-10)7-12(15(13)24)9-20-21-17(25)14-16(19)23-26-22-14/h1-5,7-9,24H,6H2,(H2,19,23)(H,21,25)/b20-9-. The molecule has 0 saturated carbocycles. The van der Waals surface area contributed by atoms with E-state index in [2.05, 4.69) is 41.4 Å². The van der Waals surface area contributed by atoms with Gasteiger partial charge in [-0.3, -0.25) is 4.79 Å². The van der Waals surface area contributed by atoms with Crippen molar-refractivity contribution in [1.29, 1.82) is 0 Å². The van der Waals surface area contributed by atoms with Gasteiger partial charge in [-0.05, 0) is 55.9 Å². The van der Waals surface area contributed by atoms with Gasteiger partial charge in [-0.2, -0.15) is 5.10 Å². The lowest BCUT2D eigenvalue weighted by Crippen LogP contribution is -2.19. The fourth-order valence-corrected chi connectivity index (χ4v) is 2.80. The number of phenolic OH excluding ortho intramolecular Hbond substituents is 1. The summed E-state index contributed by atoms with van der Waals surface area (Å²) in [5.41, 5.74) is 10.1. The minimum absolute atomic E-state index is 0.0161. The number of hydrogen-bond donors (Lipinski definition) is 3. The van der Waals surface area contributed by atoms with Crippen LogP contribution in [-0.4, -0.2) is 27.5 Å². The molecule has 8 nitrogen and oxygen atoms in total. The number of aromatic hydroxyl groups is 1. The van der Waals surface area contributed by atoms with Gasteiger partial charge in [-0.1, -0.05) is 30.3 Å². The summed E-state index contributed by atoms with van der Waals surface area (Å²) in [5, 5.41) is 20.7. The van der Waals surface area contributed by atoms with Crippen LogP contribution in [0.15, 0.2) is 56.7 Å². The van der Waals surface area contributed by atoms with Gasteiger partial charge in [0, 0.05) is 5.56 Å². The van der Waals surface area contributed by atoms with Gasteiger partial charge in [0.1, 0.15) is 5.75 Å². The second-order valence-corrected chi connectivity index (χ2v) is 6.23. The smallest absolute Gasteiger partial charge is 0.297 e. The summed E-state index contributed by atoms with van der Waals surface area (Å²) in [6.45, 7) is 0. The zero-order valence-corrected chi connectivity index (χ0v) is 15.0. The van der Waals surface area contributed by atoms with E-state index >= 15 is 0 Å². The Bertz CT molecular complexity index is 956. The highest BCUT2D eigenvalue weighted by Crippen LogP contribution is 2.29. The van der Waals surface area contributed by atoms with Crippen LogP contribution in [-0.2, 0) is 6.42 Å². The number of anilines is 1. The number of carbonyl (C=O) groups excluding carboxylic acids is 1. The minimum atomic E-state index is -0.668. The summed E-state index contributed by atoms with van der Waals surface area (Å²) in [6, 6.07) is 13.5. The van der Waals surface area contributed by atoms with E-state index in [-0.39, 0.29) is 17.3 Å². The van der Waals surface area contributed by atoms with E-state index in [9.17, 15) is 9.90 Å². The topological polar surface area (TPSA) is 127 Å². The molecule has 0 radical (unpaired) electrons. The second kappa shape index (κ2) is 7.79. The number of nitrogens with zero attached hydrogens (tertiary/aromatic N) is 3. The summed E-state index contributed by atoms with van der Waals surface area (Å²) in [4.78, 5) is 11.8. The van der Waals surface area contributed by atoms with Gasteiger partial charge >= 0.3 is 0 Å². The third-order valence-electron chi connectivity index (χ3n) is 3.50. The van der Waals surface area contributed by atoms with Crippen LogP contribution in [0.5, 0.6) is 5.75 Å². The molecule has 0 saturated heterocycles. The molecular weight excluding hydrogens is 402 g/mol. The average molecular weight is 416 g/mol. The third-order valence-corrected chi connectivity index (χ3v) is 4.11. The number of aromatic nitrogens is 2. The van der Waals surface area contributed by atoms with Gasteiger partial charge in [-0.25, -0.2) is 10.1 Å². The number of benzene rings is 2. The fraction of sp³-hybridized carbons (Fsp3) is 0.0588. The Morgan fingerprint density at radius 3 is 2.73 bits per heavy atom. The molecule has 0 aliphatic rings. The molecule has 1 aromatic heterocycles. The van der Waals surface area contributed by atoms with E-state index in [4.69, 9.17) is 5.73 Å². The van der Waals surface area contributed by atoms with Crippen molar-refractivity contribution in [3.8, 4) is 5.75 Å². The predicted molar refractivity (Wildman–Crippen MR) is 98.8 cm³/mol. The van der Waals surface area contributed by atoms with Crippen LogP contribution >= 0.6 is 15.9 Å². The summed E-state index contributed by atoms with van der Waals surface area (Å²) in [7, 11) is 0. The van der Waals surface area contributed by atoms with E-state index < -0.39 is 5.91 Å². The fourth-order valence-electron chi connectivity index (χ4n) is 2.28. The number of nitrogen functional groups attached to an aromatic ring is 1. The van der Waals surface area contributed by atoms with Crippen LogP contribution in [0, 0.1) is 0 Å². The Hall–Kier alpha value is -3.20. The maximum absolute atomic E-state index is 11.8. The number of hydrazone groups is 1. The molecule has 26 heavy (non-hydrogen) atoms. The Kier molecular flexibility index (Phi) is 5.28. The van der Waals surface area contributed by atoms with Crippen molar-refractivity contribution in [2.45, 2.75) is 6.42 Å². The zero-order valence-electron chi connectivity index (χ0n) is 13.4. The van der Waals surface area contributed by atoms with Crippen molar-refractivity contribution in [1.82, 2.24) is 15.7 Å². The average Bonchev–Trinajstić information content (AvgIpc) is 3.06. The largest absolute Gasteiger partial charge is 0.506 e. The summed E-state index contributed by atoms with van der Waals surface area (Å²) in [6.07, 6.45) is 2.02. The SMILES string of the molecule is Nc1nonc1C(=O)N/N=C\c1cc(Cc2ccccc2)cc(Br)c1O. The first-order chi connectivity index (χ1) is 12.5. The molecule has 3 aromatic rings. The maximum Gasteiger partial charge on any atom is 0.297 e. The van der Waals surface area contributed by atoms with Gasteiger partial charge in [0.05, 0.1) is 10.7 Å². The number of halogens is 1. The summed E-state index contributed by atoms with van der Waals surface area (Å²) < 4.78 is 4.89. The molecule has 0 spiro atoms. The Morgan fingerprint density at radius 2 is 2.04 bits per heavy atom. The van der Waals surface area contributed by atoms with Crippen molar-refractivity contribution >= 4 is 33.9 Å². The number of rotatable bonds is 5. The first-order valence-corrected chi connectivity index (χ1v) is 8.30. The van der Waals surface area contributed by atoms with Crippen LogP contribution in [0.1, 0.15) is 27.2 Å². The number of amides is 1. The number of nitrogens with one attached hydrogen (secondary N) is 1. The first-order valence-electron chi connectivity index (χ1n) is 7.51. The number of phenols is 1. The molecule has 0 aliphatic heterocycles. The lowest BCUT2D eigenvalue weighted by Gasteiger charge is -2.07. The highest BCUT2D eigenvalue weighted by atomic mass is 79.9. The monoisotopic (exact) mass is 415 g/mol. The van der Waals surface area contributed by atoms with Crippen LogP contribution < -0.4 is 11.2 Å². The molecule has 1 heterocycles. The quantitative estimate of drug-likeness (QED) is 0.433. The second-order valence-electron chi connectivity index (χ2n) is 5.38. The number of hydrogen-bond acceptors (Lipinski definition) is 7. The Balaban J connectivity index is 1.76. The molecule has 0 unspecified atom stereocenters. The van der Waals surface area contributed by atoms with Crippen molar-refractivity contribution < 1.29 is 14.5 Å². The van der Waals surface area contributed by atoms with Crippen molar-refractivity contribution in [3.63, 3.8) is 0 Å². The van der Waals surface area contributed by atoms with Gasteiger partial charge in [0.15, 0.2) is 0 Å². The maximum atomic E-state index is 11.8. The molecule has 4 N–H and O–H groups in total. The summed E-state index contributed by atoms with van der Waals surface area (Å²) >= 11 is 3.33. The lowest BCUT2D eigenvalue weighted by atomic mass is 10.0. The van der Waals surface area contributed by atoms with E-state index in [1.165, 1.54) is 6.21 Å². The molecule has 0 bridgehead atoms. The molecule has 0 atom stereocenters.